The zero-order valence-electron chi connectivity index (χ0n) is 16.1. The second kappa shape index (κ2) is 7.28. The Bertz CT molecular complexity index is 650. The molecule has 5 heteroatoms. The third-order valence-electron chi connectivity index (χ3n) is 6.55. The molecule has 26 heavy (non-hydrogen) atoms. The van der Waals surface area contributed by atoms with E-state index in [9.17, 15) is 4.79 Å². The fourth-order valence-corrected chi connectivity index (χ4v) is 4.81. The van der Waals surface area contributed by atoms with Gasteiger partial charge in [-0.1, -0.05) is 6.07 Å². The van der Waals surface area contributed by atoms with Crippen LogP contribution in [-0.4, -0.2) is 60.6 Å². The van der Waals surface area contributed by atoms with E-state index in [4.69, 9.17) is 4.74 Å². The van der Waals surface area contributed by atoms with Gasteiger partial charge in [0.25, 0.3) is 0 Å². The fraction of sp³-hybridized carbons (Fsp3) is 0.714. The number of ether oxygens (including phenoxy) is 1. The Kier molecular flexibility index (Phi) is 5.02. The molecule has 142 valence electrons. The van der Waals surface area contributed by atoms with Gasteiger partial charge in [0.05, 0.1) is 18.2 Å². The second-order valence-corrected chi connectivity index (χ2v) is 8.58. The standard InChI is InChI=1S/C21H31N3O2/c1-16-4-3-5-18(22-16)13-23-10-8-21(9-11-23)15-24(12-17-6-7-17)20(25)19(21)14-26-2/h3-5,17,19H,6-15H2,1-2H3/t19-/m0/s1. The van der Waals surface area contributed by atoms with Crippen LogP contribution in [0.1, 0.15) is 37.1 Å². The van der Waals surface area contributed by atoms with Gasteiger partial charge in [0.2, 0.25) is 5.91 Å². The lowest BCUT2D eigenvalue weighted by Gasteiger charge is -2.41. The second-order valence-electron chi connectivity index (χ2n) is 8.58. The lowest BCUT2D eigenvalue weighted by atomic mass is 9.71. The first-order chi connectivity index (χ1) is 12.6. The van der Waals surface area contributed by atoms with Gasteiger partial charge in [-0.3, -0.25) is 14.7 Å². The fourth-order valence-electron chi connectivity index (χ4n) is 4.81. The number of aromatic nitrogens is 1. The number of hydrogen-bond acceptors (Lipinski definition) is 4. The van der Waals surface area contributed by atoms with Gasteiger partial charge in [-0.15, -0.1) is 0 Å². The van der Waals surface area contributed by atoms with E-state index in [0.717, 1.165) is 62.9 Å². The van der Waals surface area contributed by atoms with Crippen LogP contribution in [0, 0.1) is 24.2 Å². The smallest absolute Gasteiger partial charge is 0.228 e. The van der Waals surface area contributed by atoms with Crippen molar-refractivity contribution in [3.05, 3.63) is 29.6 Å². The molecule has 1 saturated carbocycles. The van der Waals surface area contributed by atoms with Crippen LogP contribution in [0.3, 0.4) is 0 Å². The zero-order valence-corrected chi connectivity index (χ0v) is 16.1. The number of amides is 1. The number of carbonyl (C=O) groups excluding carboxylic acids is 1. The molecule has 2 saturated heterocycles. The third kappa shape index (κ3) is 3.65. The molecule has 3 aliphatic rings. The molecule has 5 nitrogen and oxygen atoms in total. The van der Waals surface area contributed by atoms with Crippen molar-refractivity contribution < 1.29 is 9.53 Å². The Morgan fingerprint density at radius 1 is 1.27 bits per heavy atom. The van der Waals surface area contributed by atoms with Crippen molar-refractivity contribution in [3.63, 3.8) is 0 Å². The largest absolute Gasteiger partial charge is 0.384 e. The number of piperidine rings is 1. The third-order valence-corrected chi connectivity index (χ3v) is 6.55. The van der Waals surface area contributed by atoms with Crippen molar-refractivity contribution >= 4 is 5.91 Å². The quantitative estimate of drug-likeness (QED) is 0.785. The van der Waals surface area contributed by atoms with E-state index in [-0.39, 0.29) is 11.3 Å². The highest BCUT2D eigenvalue weighted by atomic mass is 16.5. The van der Waals surface area contributed by atoms with Gasteiger partial charge in [-0.05, 0) is 63.7 Å². The van der Waals surface area contributed by atoms with E-state index in [0.29, 0.717) is 12.5 Å². The molecule has 0 unspecified atom stereocenters. The van der Waals surface area contributed by atoms with Crippen molar-refractivity contribution in [2.45, 2.75) is 39.2 Å². The van der Waals surface area contributed by atoms with Gasteiger partial charge < -0.3 is 9.64 Å². The van der Waals surface area contributed by atoms with Crippen LogP contribution < -0.4 is 0 Å². The summed E-state index contributed by atoms with van der Waals surface area (Å²) in [6.45, 7) is 7.51. The average Bonchev–Trinajstić information content (AvgIpc) is 3.40. The van der Waals surface area contributed by atoms with Crippen molar-refractivity contribution in [1.29, 1.82) is 0 Å². The molecule has 2 aliphatic heterocycles. The Hall–Kier alpha value is -1.46. The van der Waals surface area contributed by atoms with Gasteiger partial charge in [0.15, 0.2) is 0 Å². The number of pyridine rings is 1. The molecule has 1 aliphatic carbocycles. The van der Waals surface area contributed by atoms with Crippen LogP contribution >= 0.6 is 0 Å². The molecule has 0 N–H and O–H groups in total. The topological polar surface area (TPSA) is 45.7 Å². The molecule has 0 bridgehead atoms. The van der Waals surface area contributed by atoms with Crippen LogP contribution in [0.15, 0.2) is 18.2 Å². The molecular weight excluding hydrogens is 326 g/mol. The number of hydrogen-bond donors (Lipinski definition) is 0. The minimum absolute atomic E-state index is 0.0468. The van der Waals surface area contributed by atoms with Gasteiger partial charge in [0, 0.05) is 37.9 Å². The van der Waals surface area contributed by atoms with Crippen LogP contribution in [-0.2, 0) is 16.1 Å². The molecule has 3 fully saturated rings. The molecule has 4 rings (SSSR count). The lowest BCUT2D eigenvalue weighted by Crippen LogP contribution is -2.45. The molecule has 1 spiro atoms. The SMILES string of the molecule is COC[C@H]1C(=O)N(CC2CC2)CC12CCN(Cc1cccc(C)n1)CC2. The molecule has 0 radical (unpaired) electrons. The van der Waals surface area contributed by atoms with E-state index >= 15 is 0 Å². The normalized spacial score (nSPS) is 26.0. The summed E-state index contributed by atoms with van der Waals surface area (Å²) in [7, 11) is 1.73. The predicted octanol–water partition coefficient (Wildman–Crippen LogP) is 2.49. The first-order valence-electron chi connectivity index (χ1n) is 10.0. The Morgan fingerprint density at radius 3 is 2.69 bits per heavy atom. The average molecular weight is 357 g/mol. The monoisotopic (exact) mass is 357 g/mol. The number of likely N-dealkylation sites (tertiary alicyclic amines) is 2. The summed E-state index contributed by atoms with van der Waals surface area (Å²) in [6, 6.07) is 6.24. The molecular formula is C21H31N3O2. The molecule has 3 heterocycles. The number of rotatable bonds is 6. The van der Waals surface area contributed by atoms with E-state index < -0.39 is 0 Å². The van der Waals surface area contributed by atoms with E-state index in [1.807, 2.05) is 13.0 Å². The Labute approximate surface area is 156 Å². The minimum Gasteiger partial charge on any atom is -0.384 e. The van der Waals surface area contributed by atoms with Gasteiger partial charge >= 0.3 is 0 Å². The van der Waals surface area contributed by atoms with E-state index in [2.05, 4.69) is 26.9 Å². The summed E-state index contributed by atoms with van der Waals surface area (Å²) < 4.78 is 5.46. The molecule has 1 aromatic heterocycles. The van der Waals surface area contributed by atoms with Crippen LogP contribution in [0.5, 0.6) is 0 Å². The number of nitrogens with zero attached hydrogens (tertiary/aromatic N) is 3. The highest BCUT2D eigenvalue weighted by Gasteiger charge is 2.53. The molecule has 0 aromatic carbocycles. The van der Waals surface area contributed by atoms with Crippen LogP contribution in [0.2, 0.25) is 0 Å². The molecule has 1 amide bonds. The number of aryl methyl sites for hydroxylation is 1. The lowest BCUT2D eigenvalue weighted by molar-refractivity contribution is -0.133. The first kappa shape index (κ1) is 17.9. The highest BCUT2D eigenvalue weighted by molar-refractivity contribution is 5.82. The van der Waals surface area contributed by atoms with Crippen LogP contribution in [0.25, 0.3) is 0 Å². The number of carbonyl (C=O) groups is 1. The summed E-state index contributed by atoms with van der Waals surface area (Å²) >= 11 is 0. The summed E-state index contributed by atoms with van der Waals surface area (Å²) in [4.78, 5) is 22.2. The van der Waals surface area contributed by atoms with E-state index in [1.165, 1.54) is 12.8 Å². The summed E-state index contributed by atoms with van der Waals surface area (Å²) in [5.41, 5.74) is 2.33. The maximum absolute atomic E-state index is 13.0. The molecule has 1 atom stereocenters. The van der Waals surface area contributed by atoms with Crippen molar-refractivity contribution in [2.75, 3.05) is 39.9 Å². The number of methoxy groups -OCH3 is 1. The highest BCUT2D eigenvalue weighted by Crippen LogP contribution is 2.46. The summed E-state index contributed by atoms with van der Waals surface area (Å²) in [5, 5.41) is 0. The zero-order chi connectivity index (χ0) is 18.1. The predicted molar refractivity (Wildman–Crippen MR) is 101 cm³/mol. The van der Waals surface area contributed by atoms with Crippen molar-refractivity contribution in [2.24, 2.45) is 17.3 Å². The van der Waals surface area contributed by atoms with Gasteiger partial charge in [-0.25, -0.2) is 0 Å². The Balaban J connectivity index is 1.41. The van der Waals surface area contributed by atoms with Gasteiger partial charge in [0.1, 0.15) is 0 Å². The van der Waals surface area contributed by atoms with Crippen molar-refractivity contribution in [1.82, 2.24) is 14.8 Å². The summed E-state index contributed by atoms with van der Waals surface area (Å²) in [5.74, 6) is 1.14. The molecule has 1 aromatic rings. The Morgan fingerprint density at radius 2 is 2.04 bits per heavy atom. The van der Waals surface area contributed by atoms with Crippen LogP contribution in [0.4, 0.5) is 0 Å². The minimum atomic E-state index is 0.0468. The summed E-state index contributed by atoms with van der Waals surface area (Å²) in [6.07, 6.45) is 4.76. The van der Waals surface area contributed by atoms with E-state index in [1.54, 1.807) is 7.11 Å². The van der Waals surface area contributed by atoms with Crippen molar-refractivity contribution in [3.8, 4) is 0 Å². The van der Waals surface area contributed by atoms with Gasteiger partial charge in [-0.2, -0.15) is 0 Å². The maximum atomic E-state index is 13.0. The maximum Gasteiger partial charge on any atom is 0.228 e. The first-order valence-corrected chi connectivity index (χ1v) is 10.0.